The van der Waals surface area contributed by atoms with Crippen LogP contribution >= 0.6 is 11.3 Å². The maximum absolute atomic E-state index is 12.6. The first kappa shape index (κ1) is 20.4. The van der Waals surface area contributed by atoms with E-state index in [-0.39, 0.29) is 10.8 Å². The molecule has 3 N–H and O–H groups in total. The van der Waals surface area contributed by atoms with Gasteiger partial charge < -0.3 is 19.7 Å². The number of carboxylic acid groups (broad SMARTS) is 1. The molecule has 3 rings (SSSR count). The van der Waals surface area contributed by atoms with Crippen LogP contribution in [-0.2, 0) is 11.8 Å². The van der Waals surface area contributed by atoms with Crippen LogP contribution in [0.2, 0.25) is 0 Å². The highest BCUT2D eigenvalue weighted by Crippen LogP contribution is 2.28. The molecule has 0 saturated heterocycles. The summed E-state index contributed by atoms with van der Waals surface area (Å²) in [6, 6.07) is 8.32. The van der Waals surface area contributed by atoms with E-state index in [9.17, 15) is 14.4 Å². The van der Waals surface area contributed by atoms with E-state index in [1.165, 1.54) is 11.3 Å². The third-order valence-electron chi connectivity index (χ3n) is 3.87. The number of aromatic carboxylic acids is 1. The second kappa shape index (κ2) is 7.59. The van der Waals surface area contributed by atoms with Gasteiger partial charge in [-0.15, -0.1) is 11.3 Å². The van der Waals surface area contributed by atoms with Crippen LogP contribution in [0.4, 0.5) is 16.2 Å². The van der Waals surface area contributed by atoms with Gasteiger partial charge in [0.1, 0.15) is 16.2 Å². The quantitative estimate of drug-likeness (QED) is 0.580. The van der Waals surface area contributed by atoms with Crippen molar-refractivity contribution in [2.24, 2.45) is 7.05 Å². The molecule has 2 amide bonds. The molecule has 0 aliphatic carbocycles. The first-order valence-electron chi connectivity index (χ1n) is 8.76. The predicted molar refractivity (Wildman–Crippen MR) is 112 cm³/mol. The first-order chi connectivity index (χ1) is 13.5. The summed E-state index contributed by atoms with van der Waals surface area (Å²) in [6.07, 6.45) is 1.01. The van der Waals surface area contributed by atoms with E-state index in [4.69, 9.17) is 9.84 Å². The SMILES string of the molecule is Cn1cc(NC(=O)OC(C)(C)C)cc1C(=O)Nc1ccc2sc(C(=O)O)cc2c1. The first-order valence-corrected chi connectivity index (χ1v) is 9.58. The smallest absolute Gasteiger partial charge is 0.412 e. The van der Waals surface area contributed by atoms with Crippen LogP contribution in [0.15, 0.2) is 36.5 Å². The second-order valence-electron chi connectivity index (χ2n) is 7.47. The number of rotatable bonds is 4. The van der Waals surface area contributed by atoms with Gasteiger partial charge in [0.15, 0.2) is 0 Å². The van der Waals surface area contributed by atoms with Crippen LogP contribution in [0.25, 0.3) is 10.1 Å². The largest absolute Gasteiger partial charge is 0.477 e. The third kappa shape index (κ3) is 4.94. The normalized spacial score (nSPS) is 11.3. The third-order valence-corrected chi connectivity index (χ3v) is 4.97. The molecule has 29 heavy (non-hydrogen) atoms. The van der Waals surface area contributed by atoms with Crippen LogP contribution < -0.4 is 10.6 Å². The Labute approximate surface area is 171 Å². The fourth-order valence-electron chi connectivity index (χ4n) is 2.70. The lowest BCUT2D eigenvalue weighted by atomic mass is 10.2. The number of nitrogens with zero attached hydrogens (tertiary/aromatic N) is 1. The van der Waals surface area contributed by atoms with Gasteiger partial charge in [-0.2, -0.15) is 0 Å². The lowest BCUT2D eigenvalue weighted by Crippen LogP contribution is -2.27. The Bertz CT molecular complexity index is 1110. The second-order valence-corrected chi connectivity index (χ2v) is 8.56. The molecule has 0 saturated carbocycles. The van der Waals surface area contributed by atoms with E-state index in [1.54, 1.807) is 68.9 Å². The maximum atomic E-state index is 12.6. The molecule has 1 aromatic carbocycles. The average molecular weight is 415 g/mol. The lowest BCUT2D eigenvalue weighted by Gasteiger charge is -2.19. The Balaban J connectivity index is 1.74. The molecule has 8 nitrogen and oxygen atoms in total. The summed E-state index contributed by atoms with van der Waals surface area (Å²) in [6.45, 7) is 5.29. The van der Waals surface area contributed by atoms with Crippen molar-refractivity contribution in [3.8, 4) is 0 Å². The Morgan fingerprint density at radius 1 is 1.07 bits per heavy atom. The molecule has 0 unspecified atom stereocenters. The van der Waals surface area contributed by atoms with Crippen molar-refractivity contribution < 1.29 is 24.2 Å². The highest BCUT2D eigenvalue weighted by molar-refractivity contribution is 7.20. The molecule has 0 spiro atoms. The van der Waals surface area contributed by atoms with Gasteiger partial charge in [-0.3, -0.25) is 10.1 Å². The predicted octanol–water partition coefficient (Wildman–Crippen LogP) is 4.54. The van der Waals surface area contributed by atoms with E-state index >= 15 is 0 Å². The molecular formula is C20H21N3O5S. The summed E-state index contributed by atoms with van der Waals surface area (Å²) in [4.78, 5) is 35.9. The number of carbonyl (C=O) groups excluding carboxylic acids is 2. The molecule has 0 aliphatic heterocycles. The van der Waals surface area contributed by atoms with Crippen LogP contribution in [0.5, 0.6) is 0 Å². The minimum Gasteiger partial charge on any atom is -0.477 e. The van der Waals surface area contributed by atoms with Crippen molar-refractivity contribution in [1.82, 2.24) is 4.57 Å². The number of benzene rings is 1. The Morgan fingerprint density at radius 3 is 2.45 bits per heavy atom. The number of nitrogens with one attached hydrogen (secondary N) is 2. The number of hydrogen-bond donors (Lipinski definition) is 3. The van der Waals surface area contributed by atoms with Gasteiger partial charge in [0.2, 0.25) is 0 Å². The van der Waals surface area contributed by atoms with Crippen LogP contribution in [0, 0.1) is 0 Å². The molecule has 0 bridgehead atoms. The van der Waals surface area contributed by atoms with Crippen molar-refractivity contribution in [1.29, 1.82) is 0 Å². The number of aryl methyl sites for hydroxylation is 1. The highest BCUT2D eigenvalue weighted by Gasteiger charge is 2.18. The van der Waals surface area contributed by atoms with Gasteiger partial charge in [0.05, 0.1) is 5.69 Å². The van der Waals surface area contributed by atoms with Crippen molar-refractivity contribution >= 4 is 50.8 Å². The summed E-state index contributed by atoms with van der Waals surface area (Å²) in [5, 5.41) is 15.2. The fraction of sp³-hybridized carbons (Fsp3) is 0.250. The average Bonchev–Trinajstić information content (AvgIpc) is 3.16. The molecule has 0 fully saturated rings. The van der Waals surface area contributed by atoms with E-state index in [2.05, 4.69) is 10.6 Å². The van der Waals surface area contributed by atoms with Crippen LogP contribution in [0.1, 0.15) is 40.9 Å². The number of thiophene rings is 1. The number of hydrogen-bond acceptors (Lipinski definition) is 5. The topological polar surface area (TPSA) is 110 Å². The summed E-state index contributed by atoms with van der Waals surface area (Å²) in [7, 11) is 1.69. The summed E-state index contributed by atoms with van der Waals surface area (Å²) in [5.41, 5.74) is 0.693. The van der Waals surface area contributed by atoms with E-state index in [0.717, 1.165) is 10.1 Å². The molecule has 0 aliphatic rings. The number of carbonyl (C=O) groups is 3. The van der Waals surface area contributed by atoms with Gasteiger partial charge in [-0.05, 0) is 56.5 Å². The molecule has 3 aromatic rings. The highest BCUT2D eigenvalue weighted by atomic mass is 32.1. The molecule has 0 radical (unpaired) electrons. The van der Waals surface area contributed by atoms with Crippen molar-refractivity contribution in [2.45, 2.75) is 26.4 Å². The zero-order chi connectivity index (χ0) is 21.3. The summed E-state index contributed by atoms with van der Waals surface area (Å²) < 4.78 is 7.62. The van der Waals surface area contributed by atoms with E-state index in [0.29, 0.717) is 17.1 Å². The van der Waals surface area contributed by atoms with Gasteiger partial charge in [0, 0.05) is 23.6 Å². The lowest BCUT2D eigenvalue weighted by molar-refractivity contribution is 0.0634. The van der Waals surface area contributed by atoms with Gasteiger partial charge in [-0.1, -0.05) is 0 Å². The number of aromatic nitrogens is 1. The van der Waals surface area contributed by atoms with Crippen LogP contribution in [-0.4, -0.2) is 33.2 Å². The minimum absolute atomic E-state index is 0.240. The van der Waals surface area contributed by atoms with Gasteiger partial charge in [-0.25, -0.2) is 9.59 Å². The van der Waals surface area contributed by atoms with Gasteiger partial charge >= 0.3 is 12.1 Å². The monoisotopic (exact) mass is 415 g/mol. The van der Waals surface area contributed by atoms with E-state index in [1.807, 2.05) is 0 Å². The molecule has 152 valence electrons. The zero-order valence-corrected chi connectivity index (χ0v) is 17.2. The zero-order valence-electron chi connectivity index (χ0n) is 16.4. The van der Waals surface area contributed by atoms with Crippen LogP contribution in [0.3, 0.4) is 0 Å². The molecule has 2 heterocycles. The standard InChI is InChI=1S/C20H21N3O5S/c1-20(2,3)28-19(27)22-13-9-14(23(4)10-13)17(24)21-12-5-6-15-11(7-12)8-16(29-15)18(25)26/h5-10H,1-4H3,(H,21,24)(H,22,27)(H,25,26). The van der Waals surface area contributed by atoms with Crippen molar-refractivity contribution in [3.05, 3.63) is 47.1 Å². The summed E-state index contributed by atoms with van der Waals surface area (Å²) in [5.74, 6) is -1.34. The number of ether oxygens (including phenoxy) is 1. The molecule has 9 heteroatoms. The molecule has 0 atom stereocenters. The van der Waals surface area contributed by atoms with Crippen molar-refractivity contribution in [3.63, 3.8) is 0 Å². The fourth-order valence-corrected chi connectivity index (χ4v) is 3.58. The van der Waals surface area contributed by atoms with E-state index < -0.39 is 17.7 Å². The van der Waals surface area contributed by atoms with Gasteiger partial charge in [0.25, 0.3) is 5.91 Å². The number of fused-ring (bicyclic) bond motifs is 1. The Kier molecular flexibility index (Phi) is 5.34. The number of anilines is 2. The molecular weight excluding hydrogens is 394 g/mol. The number of carboxylic acids is 1. The molecule has 2 aromatic heterocycles. The Hall–Kier alpha value is -3.33. The Morgan fingerprint density at radius 2 is 1.79 bits per heavy atom. The van der Waals surface area contributed by atoms with Crippen molar-refractivity contribution in [2.75, 3.05) is 10.6 Å². The number of amides is 2. The summed E-state index contributed by atoms with van der Waals surface area (Å²) >= 11 is 1.18. The minimum atomic E-state index is -0.981. The maximum Gasteiger partial charge on any atom is 0.412 e.